The van der Waals surface area contributed by atoms with Crippen LogP contribution in [0, 0.1) is 11.7 Å². The van der Waals surface area contributed by atoms with E-state index in [4.69, 9.17) is 9.72 Å². The molecule has 324 valence electrons. The van der Waals surface area contributed by atoms with Gasteiger partial charge in [0.1, 0.15) is 22.5 Å². The predicted octanol–water partition coefficient (Wildman–Crippen LogP) is 5.68. The molecule has 6 heterocycles. The lowest BCUT2D eigenvalue weighted by Crippen LogP contribution is -2.52. The van der Waals surface area contributed by atoms with Crippen LogP contribution in [0.2, 0.25) is 0 Å². The van der Waals surface area contributed by atoms with Gasteiger partial charge in [-0.1, -0.05) is 0 Å². The number of ether oxygens (including phenoxy) is 1. The molecule has 4 aliphatic rings. The Morgan fingerprint density at radius 1 is 0.935 bits per heavy atom. The third-order valence-corrected chi connectivity index (χ3v) is 14.0. The largest absolute Gasteiger partial charge is 0.495 e. The summed E-state index contributed by atoms with van der Waals surface area (Å²) in [6.07, 6.45) is 3.26. The van der Waals surface area contributed by atoms with Gasteiger partial charge >= 0.3 is 0 Å². The third-order valence-electron chi connectivity index (χ3n) is 12.8. The van der Waals surface area contributed by atoms with Crippen LogP contribution >= 0.6 is 11.3 Å². The average molecular weight is 862 g/mol. The monoisotopic (exact) mass is 861 g/mol. The minimum absolute atomic E-state index is 0.00836. The number of fused-ring (bicyclic) bond motifs is 5. The molecule has 0 saturated carbocycles. The number of piperidine rings is 2. The van der Waals surface area contributed by atoms with E-state index in [-0.39, 0.29) is 36.5 Å². The van der Waals surface area contributed by atoms with Crippen molar-refractivity contribution < 1.29 is 28.3 Å². The number of hydrogen-bond donors (Lipinski definition) is 3. The summed E-state index contributed by atoms with van der Waals surface area (Å²) in [5, 5.41) is 10.7. The van der Waals surface area contributed by atoms with Crippen molar-refractivity contribution in [1.82, 2.24) is 20.5 Å². The molecule has 4 amide bonds. The summed E-state index contributed by atoms with van der Waals surface area (Å²) < 4.78 is 23.0. The van der Waals surface area contributed by atoms with Crippen LogP contribution in [0.3, 0.4) is 0 Å². The van der Waals surface area contributed by atoms with Gasteiger partial charge in [0.15, 0.2) is 0 Å². The van der Waals surface area contributed by atoms with E-state index in [0.29, 0.717) is 46.4 Å². The van der Waals surface area contributed by atoms with Gasteiger partial charge in [0.2, 0.25) is 18.2 Å². The highest BCUT2D eigenvalue weighted by molar-refractivity contribution is 7.21. The molecule has 0 radical (unpaired) electrons. The number of amides is 4. The first-order chi connectivity index (χ1) is 30.0. The second-order valence-electron chi connectivity index (χ2n) is 17.0. The molecule has 0 aliphatic carbocycles. The first-order valence-corrected chi connectivity index (χ1v) is 22.2. The number of pyridine rings is 1. The number of hydrogen-bond acceptors (Lipinski definition) is 12. The zero-order chi connectivity index (χ0) is 43.2. The van der Waals surface area contributed by atoms with Gasteiger partial charge in [-0.3, -0.25) is 29.4 Å². The molecule has 2 aromatic heterocycles. The lowest BCUT2D eigenvalue weighted by atomic mass is 9.95. The van der Waals surface area contributed by atoms with E-state index in [9.17, 15) is 19.2 Å². The van der Waals surface area contributed by atoms with Gasteiger partial charge in [-0.05, 0) is 80.6 Å². The van der Waals surface area contributed by atoms with E-state index in [1.807, 2.05) is 62.3 Å². The SMILES string of the molecule is COc1cc(-c2ccc3c(ccc4sc5c(c43)NC[C@@H](C)NC5=O)n2)c(F)cc1N1CCN(CC2CCN(c3ccc(N(C=O)C4CCC(=O)NC4=O)c(N(C)C)c3)CC2)CC1. The van der Waals surface area contributed by atoms with Crippen molar-refractivity contribution >= 4 is 84.9 Å². The fourth-order valence-electron chi connectivity index (χ4n) is 9.47. The number of piperazine rings is 1. The van der Waals surface area contributed by atoms with Crippen LogP contribution in [-0.2, 0) is 14.4 Å². The van der Waals surface area contributed by atoms with Gasteiger partial charge in [-0.25, -0.2) is 9.37 Å². The molecule has 3 aromatic carbocycles. The van der Waals surface area contributed by atoms with E-state index in [1.165, 1.54) is 16.2 Å². The molecular weight excluding hydrogens is 810 g/mol. The summed E-state index contributed by atoms with van der Waals surface area (Å²) in [5.74, 6) is -0.0526. The molecule has 2 atom stereocenters. The maximum Gasteiger partial charge on any atom is 0.263 e. The highest BCUT2D eigenvalue weighted by Gasteiger charge is 2.34. The Kier molecular flexibility index (Phi) is 11.4. The smallest absolute Gasteiger partial charge is 0.263 e. The molecule has 3 saturated heterocycles. The number of nitrogens with zero attached hydrogens (tertiary/aromatic N) is 6. The molecule has 62 heavy (non-hydrogen) atoms. The number of anilines is 5. The van der Waals surface area contributed by atoms with E-state index in [2.05, 4.69) is 36.7 Å². The number of benzene rings is 3. The number of carbonyl (C=O) groups is 4. The zero-order valence-electron chi connectivity index (χ0n) is 35.5. The van der Waals surface area contributed by atoms with Crippen LogP contribution in [0.25, 0.3) is 32.2 Å². The Balaban J connectivity index is 0.827. The van der Waals surface area contributed by atoms with Gasteiger partial charge in [0.05, 0.1) is 41.1 Å². The molecule has 0 bridgehead atoms. The number of thiophene rings is 1. The second-order valence-corrected chi connectivity index (χ2v) is 18.1. The van der Waals surface area contributed by atoms with Crippen LogP contribution in [0.1, 0.15) is 42.3 Å². The first-order valence-electron chi connectivity index (χ1n) is 21.4. The van der Waals surface area contributed by atoms with Gasteiger partial charge in [-0.15, -0.1) is 11.3 Å². The van der Waals surface area contributed by atoms with E-state index in [0.717, 1.165) is 102 Å². The quantitative estimate of drug-likeness (QED) is 0.118. The summed E-state index contributed by atoms with van der Waals surface area (Å²) in [7, 11) is 5.46. The minimum atomic E-state index is -0.735. The Bertz CT molecular complexity index is 2570. The van der Waals surface area contributed by atoms with Crippen molar-refractivity contribution in [3.05, 3.63) is 65.3 Å². The number of nitrogens with one attached hydrogen (secondary N) is 3. The molecule has 4 aliphatic heterocycles. The molecule has 16 heteroatoms. The van der Waals surface area contributed by atoms with Crippen molar-refractivity contribution in [3.63, 3.8) is 0 Å². The lowest BCUT2D eigenvalue weighted by molar-refractivity contribution is -0.134. The normalized spacial score (nSPS) is 20.0. The standard InChI is InChI=1S/C46H52FN9O5S/c1-27-24-48-43-42-30-6-7-34(50-33(30)8-11-40(42)62-44(43)46(60)49-27)31-22-39(61-4)38(23-32(31)47)55-19-17-53(18-20-55)25-28-13-15-54(16-14-28)29-5-9-35(37(21-29)52(2)3)56(26-57)36-10-12-41(58)51-45(36)59/h5-9,11,21-23,26-28,36,48H,10,12-20,24-25H2,1-4H3,(H,49,60)(H,51,58,59)/t27-,36?/m1/s1. The molecule has 1 unspecified atom stereocenters. The van der Waals surface area contributed by atoms with E-state index < -0.39 is 11.9 Å². The number of imide groups is 1. The predicted molar refractivity (Wildman–Crippen MR) is 244 cm³/mol. The van der Waals surface area contributed by atoms with Crippen LogP contribution in [0.5, 0.6) is 5.75 Å². The Labute approximate surface area is 364 Å². The van der Waals surface area contributed by atoms with E-state index in [1.54, 1.807) is 19.2 Å². The van der Waals surface area contributed by atoms with Crippen molar-refractivity contribution in [2.75, 3.05) is 98.5 Å². The van der Waals surface area contributed by atoms with Crippen molar-refractivity contribution in [3.8, 4) is 17.0 Å². The van der Waals surface area contributed by atoms with Crippen molar-refractivity contribution in [2.24, 2.45) is 5.92 Å². The summed E-state index contributed by atoms with van der Waals surface area (Å²) in [4.78, 5) is 65.6. The van der Waals surface area contributed by atoms with Gasteiger partial charge in [-0.2, -0.15) is 0 Å². The first kappa shape index (κ1) is 41.4. The van der Waals surface area contributed by atoms with Crippen LogP contribution in [-0.4, -0.2) is 120 Å². The van der Waals surface area contributed by atoms with E-state index >= 15 is 4.39 Å². The minimum Gasteiger partial charge on any atom is -0.495 e. The number of halogens is 1. The summed E-state index contributed by atoms with van der Waals surface area (Å²) in [5.41, 5.74) is 5.71. The molecule has 14 nitrogen and oxygen atoms in total. The molecule has 3 N–H and O–H groups in total. The topological polar surface area (TPSA) is 143 Å². The van der Waals surface area contributed by atoms with Crippen molar-refractivity contribution in [1.29, 1.82) is 0 Å². The molecule has 3 fully saturated rings. The lowest BCUT2D eigenvalue weighted by Gasteiger charge is -2.40. The third kappa shape index (κ3) is 7.85. The van der Waals surface area contributed by atoms with Crippen LogP contribution < -0.4 is 40.3 Å². The number of rotatable bonds is 10. The second kappa shape index (κ2) is 17.0. The highest BCUT2D eigenvalue weighted by Crippen LogP contribution is 2.43. The number of aromatic nitrogens is 1. The zero-order valence-corrected chi connectivity index (χ0v) is 36.3. The summed E-state index contributed by atoms with van der Waals surface area (Å²) in [6.45, 7) is 8.66. The van der Waals surface area contributed by atoms with Crippen LogP contribution in [0.4, 0.5) is 32.8 Å². The van der Waals surface area contributed by atoms with Gasteiger partial charge < -0.3 is 35.0 Å². The Hall–Kier alpha value is -6.00. The number of carbonyl (C=O) groups excluding carboxylic acids is 4. The highest BCUT2D eigenvalue weighted by atomic mass is 32.1. The molecular formula is C46H52FN9O5S. The summed E-state index contributed by atoms with van der Waals surface area (Å²) in [6, 6.07) is 16.3. The molecule has 5 aromatic rings. The maximum absolute atomic E-state index is 16.1. The molecule has 0 spiro atoms. The fraction of sp³-hybridized carbons (Fsp3) is 0.413. The van der Waals surface area contributed by atoms with Crippen molar-refractivity contribution in [2.45, 2.75) is 44.7 Å². The van der Waals surface area contributed by atoms with Crippen LogP contribution in [0.15, 0.2) is 54.6 Å². The number of methoxy groups -OCH3 is 1. The van der Waals surface area contributed by atoms with Gasteiger partial charge in [0, 0.05) is 112 Å². The van der Waals surface area contributed by atoms with Gasteiger partial charge in [0.25, 0.3) is 5.91 Å². The molecule has 9 rings (SSSR count). The average Bonchev–Trinajstić information content (AvgIpc) is 3.59. The summed E-state index contributed by atoms with van der Waals surface area (Å²) >= 11 is 1.46. The Morgan fingerprint density at radius 2 is 1.73 bits per heavy atom. The maximum atomic E-state index is 16.1. The fourth-order valence-corrected chi connectivity index (χ4v) is 10.6. The Morgan fingerprint density at radius 3 is 2.45 bits per heavy atom.